The Hall–Kier alpha value is -0.120. The van der Waals surface area contributed by atoms with Gasteiger partial charge in [-0.15, -0.1) is 0 Å². The summed E-state index contributed by atoms with van der Waals surface area (Å²) in [5.41, 5.74) is 5.40. The van der Waals surface area contributed by atoms with Gasteiger partial charge in [0.1, 0.15) is 0 Å². The fourth-order valence-corrected chi connectivity index (χ4v) is 1.41. The predicted molar refractivity (Wildman–Crippen MR) is 63.5 cm³/mol. The van der Waals surface area contributed by atoms with Crippen LogP contribution >= 0.6 is 0 Å². The van der Waals surface area contributed by atoms with Crippen molar-refractivity contribution in [1.29, 1.82) is 0 Å². The molecule has 0 rings (SSSR count). The summed E-state index contributed by atoms with van der Waals surface area (Å²) in [7, 11) is 0. The molecular weight excluding hydrogens is 174 g/mol. The second-order valence-corrected chi connectivity index (χ2v) is 3.95. The summed E-state index contributed by atoms with van der Waals surface area (Å²) >= 11 is 0. The van der Waals surface area contributed by atoms with Crippen molar-refractivity contribution in [1.82, 2.24) is 10.2 Å². The molecule has 0 radical (unpaired) electrons. The first-order valence-corrected chi connectivity index (χ1v) is 5.87. The zero-order valence-electron chi connectivity index (χ0n) is 10.1. The molecule has 3 heteroatoms. The predicted octanol–water partition coefficient (Wildman–Crippen LogP) is 0.903. The minimum Gasteiger partial charge on any atom is -0.329 e. The number of rotatable bonds is 9. The number of hydrogen-bond acceptors (Lipinski definition) is 3. The van der Waals surface area contributed by atoms with E-state index in [-0.39, 0.29) is 0 Å². The van der Waals surface area contributed by atoms with Crippen molar-refractivity contribution in [2.75, 3.05) is 39.3 Å². The molecule has 0 saturated heterocycles. The van der Waals surface area contributed by atoms with Gasteiger partial charge in [-0.2, -0.15) is 0 Å². The summed E-state index contributed by atoms with van der Waals surface area (Å²) in [4.78, 5) is 2.50. The van der Waals surface area contributed by atoms with Crippen LogP contribution in [-0.2, 0) is 0 Å². The van der Waals surface area contributed by atoms with Crippen molar-refractivity contribution in [3.05, 3.63) is 0 Å². The van der Waals surface area contributed by atoms with Crippen LogP contribution in [-0.4, -0.2) is 44.2 Å². The lowest BCUT2D eigenvalue weighted by Crippen LogP contribution is -2.36. The molecule has 0 bridgehead atoms. The van der Waals surface area contributed by atoms with E-state index in [0.717, 1.165) is 38.6 Å². The van der Waals surface area contributed by atoms with Crippen LogP contribution < -0.4 is 11.1 Å². The lowest BCUT2D eigenvalue weighted by molar-refractivity contribution is 0.246. The molecule has 3 N–H and O–H groups in total. The third-order valence-corrected chi connectivity index (χ3v) is 2.64. The standard InChI is InChI=1S/C11H27N3/c1-4-11(3)10-14(5-2)9-8-13-7-6-12/h11,13H,4-10,12H2,1-3H3. The van der Waals surface area contributed by atoms with Gasteiger partial charge in [-0.1, -0.05) is 27.2 Å². The van der Waals surface area contributed by atoms with Crippen molar-refractivity contribution in [2.45, 2.75) is 27.2 Å². The third kappa shape index (κ3) is 7.30. The van der Waals surface area contributed by atoms with Gasteiger partial charge in [0.05, 0.1) is 0 Å². The minimum absolute atomic E-state index is 0.734. The van der Waals surface area contributed by atoms with E-state index < -0.39 is 0 Å². The Labute approximate surface area is 89.0 Å². The van der Waals surface area contributed by atoms with Crippen molar-refractivity contribution in [3.63, 3.8) is 0 Å². The molecule has 0 saturated carbocycles. The van der Waals surface area contributed by atoms with Crippen LogP contribution in [0.5, 0.6) is 0 Å². The van der Waals surface area contributed by atoms with Crippen LogP contribution in [0.1, 0.15) is 27.2 Å². The van der Waals surface area contributed by atoms with Crippen molar-refractivity contribution in [2.24, 2.45) is 11.7 Å². The van der Waals surface area contributed by atoms with Gasteiger partial charge >= 0.3 is 0 Å². The van der Waals surface area contributed by atoms with Gasteiger partial charge in [0.2, 0.25) is 0 Å². The molecule has 14 heavy (non-hydrogen) atoms. The van der Waals surface area contributed by atoms with E-state index >= 15 is 0 Å². The summed E-state index contributed by atoms with van der Waals surface area (Å²) in [6, 6.07) is 0. The zero-order chi connectivity index (χ0) is 10.8. The SMILES string of the molecule is CCC(C)CN(CC)CCNCCN. The maximum Gasteiger partial charge on any atom is 0.0107 e. The van der Waals surface area contributed by atoms with Crippen molar-refractivity contribution in [3.8, 4) is 0 Å². The molecule has 0 aliphatic carbocycles. The van der Waals surface area contributed by atoms with Gasteiger partial charge in [-0.3, -0.25) is 0 Å². The van der Waals surface area contributed by atoms with Gasteiger partial charge in [0.25, 0.3) is 0 Å². The summed E-state index contributed by atoms with van der Waals surface area (Å²) in [6.07, 6.45) is 1.27. The lowest BCUT2D eigenvalue weighted by Gasteiger charge is -2.23. The molecule has 0 aromatic carbocycles. The van der Waals surface area contributed by atoms with Crippen LogP contribution in [0.15, 0.2) is 0 Å². The smallest absolute Gasteiger partial charge is 0.0107 e. The summed E-state index contributed by atoms with van der Waals surface area (Å²) in [5.74, 6) is 0.810. The zero-order valence-corrected chi connectivity index (χ0v) is 10.1. The van der Waals surface area contributed by atoms with E-state index in [0.29, 0.717) is 0 Å². The largest absolute Gasteiger partial charge is 0.329 e. The Morgan fingerprint density at radius 3 is 2.50 bits per heavy atom. The van der Waals surface area contributed by atoms with E-state index in [1.54, 1.807) is 0 Å². The summed E-state index contributed by atoms with van der Waals surface area (Å²) in [6.45, 7) is 13.0. The number of nitrogens with zero attached hydrogens (tertiary/aromatic N) is 1. The number of likely N-dealkylation sites (N-methyl/N-ethyl adjacent to an activating group) is 1. The van der Waals surface area contributed by atoms with Crippen molar-refractivity contribution < 1.29 is 0 Å². The molecule has 0 aromatic rings. The second kappa shape index (κ2) is 9.44. The highest BCUT2D eigenvalue weighted by Crippen LogP contribution is 2.03. The maximum absolute atomic E-state index is 5.40. The normalized spacial score (nSPS) is 13.5. The summed E-state index contributed by atoms with van der Waals surface area (Å²) < 4.78 is 0. The Bertz CT molecular complexity index is 117. The number of nitrogens with two attached hydrogens (primary N) is 1. The molecule has 0 aliphatic heterocycles. The number of nitrogens with one attached hydrogen (secondary N) is 1. The van der Waals surface area contributed by atoms with E-state index in [4.69, 9.17) is 5.73 Å². The Balaban J connectivity index is 3.47. The molecule has 0 fully saturated rings. The van der Waals surface area contributed by atoms with Crippen LogP contribution in [0.2, 0.25) is 0 Å². The first kappa shape index (κ1) is 13.9. The Kier molecular flexibility index (Phi) is 9.35. The molecule has 86 valence electrons. The Morgan fingerprint density at radius 1 is 1.29 bits per heavy atom. The van der Waals surface area contributed by atoms with E-state index in [1.807, 2.05) is 0 Å². The molecule has 0 aromatic heterocycles. The van der Waals surface area contributed by atoms with Crippen molar-refractivity contribution >= 4 is 0 Å². The van der Waals surface area contributed by atoms with E-state index in [1.165, 1.54) is 13.0 Å². The molecule has 3 nitrogen and oxygen atoms in total. The molecule has 0 spiro atoms. The fraction of sp³-hybridized carbons (Fsp3) is 1.00. The van der Waals surface area contributed by atoms with E-state index in [9.17, 15) is 0 Å². The lowest BCUT2D eigenvalue weighted by atomic mass is 10.1. The van der Waals surface area contributed by atoms with Crippen LogP contribution in [0.25, 0.3) is 0 Å². The van der Waals surface area contributed by atoms with Crippen LogP contribution in [0, 0.1) is 5.92 Å². The van der Waals surface area contributed by atoms with Gasteiger partial charge in [0, 0.05) is 32.7 Å². The van der Waals surface area contributed by atoms with Gasteiger partial charge in [0.15, 0.2) is 0 Å². The molecule has 0 heterocycles. The van der Waals surface area contributed by atoms with Crippen LogP contribution in [0.3, 0.4) is 0 Å². The van der Waals surface area contributed by atoms with Gasteiger partial charge < -0.3 is 16.0 Å². The molecule has 0 amide bonds. The average Bonchev–Trinajstić information content (AvgIpc) is 2.22. The molecular formula is C11H27N3. The molecule has 0 aliphatic rings. The highest BCUT2D eigenvalue weighted by molar-refractivity contribution is 4.62. The maximum atomic E-state index is 5.40. The average molecular weight is 201 g/mol. The first-order valence-electron chi connectivity index (χ1n) is 5.87. The summed E-state index contributed by atoms with van der Waals surface area (Å²) in [5, 5.41) is 3.32. The Morgan fingerprint density at radius 2 is 2.00 bits per heavy atom. The second-order valence-electron chi connectivity index (χ2n) is 3.95. The highest BCUT2D eigenvalue weighted by atomic mass is 15.1. The molecule has 1 atom stereocenters. The number of hydrogen-bond donors (Lipinski definition) is 2. The minimum atomic E-state index is 0.734. The third-order valence-electron chi connectivity index (χ3n) is 2.64. The van der Waals surface area contributed by atoms with E-state index in [2.05, 4.69) is 31.0 Å². The van der Waals surface area contributed by atoms with Gasteiger partial charge in [-0.25, -0.2) is 0 Å². The topological polar surface area (TPSA) is 41.3 Å². The quantitative estimate of drug-likeness (QED) is 0.545. The monoisotopic (exact) mass is 201 g/mol. The van der Waals surface area contributed by atoms with Crippen LogP contribution in [0.4, 0.5) is 0 Å². The molecule has 1 unspecified atom stereocenters. The highest BCUT2D eigenvalue weighted by Gasteiger charge is 2.05. The first-order chi connectivity index (χ1) is 6.74. The fourth-order valence-electron chi connectivity index (χ4n) is 1.41. The van der Waals surface area contributed by atoms with Gasteiger partial charge in [-0.05, 0) is 12.5 Å².